The van der Waals surface area contributed by atoms with Gasteiger partial charge in [-0.1, -0.05) is 44.3 Å². The fraction of sp³-hybridized carbons (Fsp3) is 0.611. The van der Waals surface area contributed by atoms with Crippen LogP contribution in [0.25, 0.3) is 15.9 Å². The molecule has 0 saturated carbocycles. The summed E-state index contributed by atoms with van der Waals surface area (Å²) in [4.78, 5) is 7.40. The van der Waals surface area contributed by atoms with Crippen molar-refractivity contribution in [2.45, 2.75) is 69.5 Å². The number of rotatable bonds is 6. The van der Waals surface area contributed by atoms with Gasteiger partial charge in [0, 0.05) is 17.1 Å². The summed E-state index contributed by atoms with van der Waals surface area (Å²) in [5.41, 5.74) is 2.22. The van der Waals surface area contributed by atoms with Gasteiger partial charge < -0.3 is 4.74 Å². The molecule has 0 fully saturated rings. The van der Waals surface area contributed by atoms with E-state index in [4.69, 9.17) is 9.72 Å². The predicted molar refractivity (Wildman–Crippen MR) is 111 cm³/mol. The van der Waals surface area contributed by atoms with Gasteiger partial charge in [0.1, 0.15) is 4.83 Å². The predicted octanol–water partition coefficient (Wildman–Crippen LogP) is 5.19. The molecular formula is C18H24N4OS3. The molecule has 0 bridgehead atoms. The monoisotopic (exact) mass is 408 g/mol. The van der Waals surface area contributed by atoms with E-state index in [1.807, 2.05) is 0 Å². The Kier molecular flexibility index (Phi) is 5.20. The molecule has 5 nitrogen and oxygen atoms in total. The lowest BCUT2D eigenvalue weighted by Gasteiger charge is -2.33. The molecule has 4 rings (SSSR count). The minimum absolute atomic E-state index is 0.103. The molecule has 4 heterocycles. The smallest absolute Gasteiger partial charge is 0.197 e. The van der Waals surface area contributed by atoms with E-state index in [-0.39, 0.29) is 5.60 Å². The van der Waals surface area contributed by atoms with Crippen LogP contribution < -0.4 is 0 Å². The lowest BCUT2D eigenvalue weighted by molar-refractivity contribution is -0.0542. The Labute approximate surface area is 166 Å². The van der Waals surface area contributed by atoms with E-state index in [1.54, 1.807) is 34.9 Å². The van der Waals surface area contributed by atoms with Gasteiger partial charge in [0.05, 0.1) is 17.6 Å². The summed E-state index contributed by atoms with van der Waals surface area (Å²) in [5, 5.41) is 12.2. The highest BCUT2D eigenvalue weighted by atomic mass is 32.2. The summed E-state index contributed by atoms with van der Waals surface area (Å²) in [6, 6.07) is 0. The number of hydrogen-bond donors (Lipinski definition) is 0. The van der Waals surface area contributed by atoms with Gasteiger partial charge in [-0.25, -0.2) is 9.38 Å². The van der Waals surface area contributed by atoms with Crippen molar-refractivity contribution in [2.75, 3.05) is 11.5 Å². The van der Waals surface area contributed by atoms with Crippen LogP contribution in [-0.4, -0.2) is 36.7 Å². The Morgan fingerprint density at radius 2 is 2.04 bits per heavy atom. The van der Waals surface area contributed by atoms with E-state index in [1.165, 1.54) is 15.8 Å². The van der Waals surface area contributed by atoms with Crippen LogP contribution in [0.4, 0.5) is 0 Å². The summed E-state index contributed by atoms with van der Waals surface area (Å²) < 4.78 is 8.32. The maximum Gasteiger partial charge on any atom is 0.197 e. The van der Waals surface area contributed by atoms with Crippen molar-refractivity contribution >= 4 is 50.7 Å². The number of thioether (sulfide) groups is 2. The van der Waals surface area contributed by atoms with E-state index >= 15 is 0 Å². The second-order valence-electron chi connectivity index (χ2n) is 6.77. The highest BCUT2D eigenvalue weighted by molar-refractivity contribution is 7.99. The van der Waals surface area contributed by atoms with Crippen LogP contribution in [0.1, 0.15) is 51.0 Å². The highest BCUT2D eigenvalue weighted by Crippen LogP contribution is 2.42. The normalized spacial score (nSPS) is 20.2. The average molecular weight is 409 g/mol. The first-order valence-corrected chi connectivity index (χ1v) is 12.0. The third-order valence-electron chi connectivity index (χ3n) is 4.88. The molecule has 8 heteroatoms. The summed E-state index contributed by atoms with van der Waals surface area (Å²) in [7, 11) is 0. The molecule has 0 saturated heterocycles. The van der Waals surface area contributed by atoms with E-state index < -0.39 is 0 Å². The molecule has 0 amide bonds. The van der Waals surface area contributed by atoms with Crippen molar-refractivity contribution in [3.63, 3.8) is 0 Å². The first-order valence-electron chi connectivity index (χ1n) is 9.19. The molecule has 26 heavy (non-hydrogen) atoms. The number of aromatic nitrogens is 4. The molecule has 0 N–H and O–H groups in total. The SMILES string of the molecule is CCCSc1nc2sc3c(c2c2nnc(SCC)n12)C[C@@](C)(CC)OC3. The Hall–Kier alpha value is -0.830. The van der Waals surface area contributed by atoms with Crippen molar-refractivity contribution < 1.29 is 4.74 Å². The standard InChI is InChI=1S/C18H24N4OS3/c1-5-8-25-16-19-15-13(14-20-21-17(22(14)16)24-7-3)11-9-18(4,6-2)23-10-12(11)26-15/h5-10H2,1-4H3/t18-/m1/s1. The minimum atomic E-state index is -0.103. The molecule has 1 aliphatic heterocycles. The van der Waals surface area contributed by atoms with Crippen LogP contribution in [0.3, 0.4) is 0 Å². The van der Waals surface area contributed by atoms with Crippen molar-refractivity contribution in [2.24, 2.45) is 0 Å². The Balaban J connectivity index is 1.96. The molecule has 0 spiro atoms. The van der Waals surface area contributed by atoms with Crippen LogP contribution in [0, 0.1) is 0 Å². The van der Waals surface area contributed by atoms with Crippen molar-refractivity contribution in [3.8, 4) is 0 Å². The van der Waals surface area contributed by atoms with E-state index in [2.05, 4.69) is 42.3 Å². The molecule has 0 radical (unpaired) electrons. The molecule has 0 aromatic carbocycles. The van der Waals surface area contributed by atoms with Gasteiger partial charge in [-0.2, -0.15) is 0 Å². The molecule has 3 aromatic rings. The van der Waals surface area contributed by atoms with Crippen LogP contribution >= 0.6 is 34.9 Å². The summed E-state index contributed by atoms with van der Waals surface area (Å²) in [6.07, 6.45) is 3.04. The number of ether oxygens (including phenoxy) is 1. The van der Waals surface area contributed by atoms with E-state index in [0.717, 1.165) is 51.6 Å². The molecule has 3 aromatic heterocycles. The molecule has 140 valence electrons. The van der Waals surface area contributed by atoms with Gasteiger partial charge in [-0.15, -0.1) is 21.5 Å². The van der Waals surface area contributed by atoms with Crippen LogP contribution in [-0.2, 0) is 17.8 Å². The van der Waals surface area contributed by atoms with Gasteiger partial charge in [-0.05, 0) is 31.1 Å². The van der Waals surface area contributed by atoms with Crippen molar-refractivity contribution in [3.05, 3.63) is 10.4 Å². The Morgan fingerprint density at radius 1 is 1.19 bits per heavy atom. The zero-order chi connectivity index (χ0) is 18.3. The first kappa shape index (κ1) is 18.5. The summed E-state index contributed by atoms with van der Waals surface area (Å²) in [5.74, 6) is 2.02. The summed E-state index contributed by atoms with van der Waals surface area (Å²) >= 11 is 5.28. The topological polar surface area (TPSA) is 52.3 Å². The lowest BCUT2D eigenvalue weighted by Crippen LogP contribution is -2.33. The van der Waals surface area contributed by atoms with E-state index in [0.29, 0.717) is 6.61 Å². The first-order chi connectivity index (χ1) is 12.6. The zero-order valence-corrected chi connectivity index (χ0v) is 18.1. The van der Waals surface area contributed by atoms with Crippen LogP contribution in [0.15, 0.2) is 10.3 Å². The third-order valence-corrected chi connectivity index (χ3v) is 7.93. The van der Waals surface area contributed by atoms with Gasteiger partial charge >= 0.3 is 0 Å². The van der Waals surface area contributed by atoms with Crippen LogP contribution in [0.5, 0.6) is 0 Å². The molecule has 0 aliphatic carbocycles. The van der Waals surface area contributed by atoms with E-state index in [9.17, 15) is 0 Å². The number of hydrogen-bond acceptors (Lipinski definition) is 7. The van der Waals surface area contributed by atoms with Gasteiger partial charge in [0.2, 0.25) is 0 Å². The maximum absolute atomic E-state index is 6.15. The zero-order valence-electron chi connectivity index (χ0n) is 15.7. The third kappa shape index (κ3) is 3.04. The summed E-state index contributed by atoms with van der Waals surface area (Å²) in [6.45, 7) is 9.42. The van der Waals surface area contributed by atoms with Crippen LogP contribution in [0.2, 0.25) is 0 Å². The Morgan fingerprint density at radius 3 is 2.77 bits per heavy atom. The maximum atomic E-state index is 6.15. The average Bonchev–Trinajstić information content (AvgIpc) is 3.21. The number of fused-ring (bicyclic) bond motifs is 5. The van der Waals surface area contributed by atoms with Gasteiger partial charge in [0.25, 0.3) is 0 Å². The minimum Gasteiger partial charge on any atom is -0.369 e. The number of thiophene rings is 1. The van der Waals surface area contributed by atoms with Crippen molar-refractivity contribution in [1.82, 2.24) is 19.6 Å². The molecule has 1 aliphatic rings. The second-order valence-corrected chi connectivity index (χ2v) is 10.1. The second kappa shape index (κ2) is 7.30. The molecular weight excluding hydrogens is 384 g/mol. The highest BCUT2D eigenvalue weighted by Gasteiger charge is 2.33. The fourth-order valence-electron chi connectivity index (χ4n) is 3.26. The fourth-order valence-corrected chi connectivity index (χ4v) is 5.97. The van der Waals surface area contributed by atoms with Crippen molar-refractivity contribution in [1.29, 1.82) is 0 Å². The lowest BCUT2D eigenvalue weighted by atomic mass is 9.90. The van der Waals surface area contributed by atoms with Gasteiger partial charge in [0.15, 0.2) is 16.0 Å². The Bertz CT molecular complexity index is 951. The molecule has 1 atom stereocenters. The number of nitrogens with zero attached hydrogens (tertiary/aromatic N) is 4. The quantitative estimate of drug-likeness (QED) is 0.413. The molecule has 0 unspecified atom stereocenters. The largest absolute Gasteiger partial charge is 0.369 e. The van der Waals surface area contributed by atoms with Gasteiger partial charge in [-0.3, -0.25) is 0 Å².